The zero-order valence-electron chi connectivity index (χ0n) is 12.7. The molecule has 0 amide bonds. The van der Waals surface area contributed by atoms with E-state index in [2.05, 4.69) is 18.9 Å². The van der Waals surface area contributed by atoms with Crippen molar-refractivity contribution < 1.29 is 4.79 Å². The SMILES string of the molecule is CC(C)n1ncc2c(C(=O)CCCN)cc(C3CC3)nc21. The molecule has 2 N–H and O–H groups in total. The number of carbonyl (C=O) groups is 1. The Morgan fingerprint density at radius 1 is 1.48 bits per heavy atom. The van der Waals surface area contributed by atoms with Gasteiger partial charge in [-0.1, -0.05) is 0 Å². The molecular weight excluding hydrogens is 264 g/mol. The molecule has 2 heterocycles. The minimum Gasteiger partial charge on any atom is -0.330 e. The van der Waals surface area contributed by atoms with Crippen LogP contribution in [0.25, 0.3) is 11.0 Å². The van der Waals surface area contributed by atoms with Crippen LogP contribution in [0, 0.1) is 0 Å². The molecule has 21 heavy (non-hydrogen) atoms. The average Bonchev–Trinajstić information content (AvgIpc) is 3.22. The van der Waals surface area contributed by atoms with Crippen LogP contribution in [0.3, 0.4) is 0 Å². The smallest absolute Gasteiger partial charge is 0.163 e. The molecule has 2 aromatic rings. The summed E-state index contributed by atoms with van der Waals surface area (Å²) in [6.45, 7) is 4.70. The number of hydrogen-bond donors (Lipinski definition) is 1. The van der Waals surface area contributed by atoms with Gasteiger partial charge in [0, 0.05) is 35.0 Å². The molecule has 0 atom stereocenters. The summed E-state index contributed by atoms with van der Waals surface area (Å²) in [6.07, 6.45) is 5.33. The van der Waals surface area contributed by atoms with Gasteiger partial charge in [-0.15, -0.1) is 0 Å². The van der Waals surface area contributed by atoms with Crippen LogP contribution in [-0.4, -0.2) is 27.1 Å². The largest absolute Gasteiger partial charge is 0.330 e. The first-order valence-electron chi connectivity index (χ1n) is 7.73. The summed E-state index contributed by atoms with van der Waals surface area (Å²) in [5.41, 5.74) is 8.17. The molecule has 5 nitrogen and oxygen atoms in total. The number of carbonyl (C=O) groups excluding carboxylic acids is 1. The Morgan fingerprint density at radius 2 is 2.24 bits per heavy atom. The molecule has 1 aliphatic rings. The summed E-state index contributed by atoms with van der Waals surface area (Å²) in [4.78, 5) is 17.2. The summed E-state index contributed by atoms with van der Waals surface area (Å²) in [7, 11) is 0. The summed E-state index contributed by atoms with van der Waals surface area (Å²) >= 11 is 0. The maximum atomic E-state index is 12.5. The lowest BCUT2D eigenvalue weighted by Crippen LogP contribution is -2.08. The van der Waals surface area contributed by atoms with Crippen LogP contribution in [-0.2, 0) is 0 Å². The number of nitrogens with zero attached hydrogens (tertiary/aromatic N) is 3. The van der Waals surface area contributed by atoms with Crippen LogP contribution in [0.4, 0.5) is 0 Å². The lowest BCUT2D eigenvalue weighted by Gasteiger charge is -2.09. The number of aromatic nitrogens is 3. The first-order chi connectivity index (χ1) is 10.1. The standard InChI is InChI=1S/C16H22N4O/c1-10(2)20-16-13(9-18-20)12(15(21)4-3-7-17)8-14(19-16)11-5-6-11/h8-11H,3-7,17H2,1-2H3. The van der Waals surface area contributed by atoms with Gasteiger partial charge in [0.1, 0.15) is 0 Å². The Hall–Kier alpha value is -1.75. The van der Waals surface area contributed by atoms with Crippen molar-refractivity contribution in [3.63, 3.8) is 0 Å². The van der Waals surface area contributed by atoms with Gasteiger partial charge in [-0.2, -0.15) is 5.10 Å². The topological polar surface area (TPSA) is 73.8 Å². The van der Waals surface area contributed by atoms with Crippen LogP contribution in [0.5, 0.6) is 0 Å². The van der Waals surface area contributed by atoms with E-state index >= 15 is 0 Å². The molecule has 0 aromatic carbocycles. The van der Waals surface area contributed by atoms with Crippen molar-refractivity contribution in [1.29, 1.82) is 0 Å². The number of Topliss-reactive ketones (excluding diaryl/α,β-unsaturated/α-hetero) is 1. The summed E-state index contributed by atoms with van der Waals surface area (Å²) in [5.74, 6) is 0.670. The van der Waals surface area contributed by atoms with Gasteiger partial charge in [-0.3, -0.25) is 4.79 Å². The normalized spacial score (nSPS) is 15.0. The number of pyridine rings is 1. The third kappa shape index (κ3) is 2.70. The van der Waals surface area contributed by atoms with Crippen LogP contribution in [0.1, 0.15) is 67.5 Å². The van der Waals surface area contributed by atoms with Crippen molar-refractivity contribution in [3.8, 4) is 0 Å². The quantitative estimate of drug-likeness (QED) is 0.829. The molecule has 5 heteroatoms. The Kier molecular flexibility index (Phi) is 3.76. The fraction of sp³-hybridized carbons (Fsp3) is 0.562. The monoisotopic (exact) mass is 286 g/mol. The summed E-state index contributed by atoms with van der Waals surface area (Å²) < 4.78 is 1.90. The molecule has 0 spiro atoms. The maximum absolute atomic E-state index is 12.5. The van der Waals surface area contributed by atoms with Gasteiger partial charge in [-0.25, -0.2) is 9.67 Å². The second kappa shape index (κ2) is 5.56. The molecule has 0 bridgehead atoms. The Morgan fingerprint density at radius 3 is 2.86 bits per heavy atom. The van der Waals surface area contributed by atoms with E-state index in [1.165, 1.54) is 12.8 Å². The Labute approximate surface area is 124 Å². The predicted octanol–water partition coefficient (Wildman–Crippen LogP) is 2.81. The third-order valence-electron chi connectivity index (χ3n) is 3.98. The molecule has 2 aromatic heterocycles. The first-order valence-corrected chi connectivity index (χ1v) is 7.73. The number of ketones is 1. The number of fused-ring (bicyclic) bond motifs is 1. The predicted molar refractivity (Wildman–Crippen MR) is 82.5 cm³/mol. The lowest BCUT2D eigenvalue weighted by molar-refractivity contribution is 0.0982. The van der Waals surface area contributed by atoms with Gasteiger partial charge in [0.25, 0.3) is 0 Å². The minimum absolute atomic E-state index is 0.151. The van der Waals surface area contributed by atoms with Crippen LogP contribution in [0.2, 0.25) is 0 Å². The molecule has 0 saturated heterocycles. The van der Waals surface area contributed by atoms with E-state index in [0.717, 1.165) is 28.7 Å². The van der Waals surface area contributed by atoms with Gasteiger partial charge in [0.05, 0.1) is 6.20 Å². The van der Waals surface area contributed by atoms with Crippen LogP contribution < -0.4 is 5.73 Å². The molecule has 0 unspecified atom stereocenters. The highest BCUT2D eigenvalue weighted by molar-refractivity contribution is 6.06. The zero-order chi connectivity index (χ0) is 15.0. The third-order valence-corrected chi connectivity index (χ3v) is 3.98. The van der Waals surface area contributed by atoms with E-state index < -0.39 is 0 Å². The van der Waals surface area contributed by atoms with Gasteiger partial charge in [0.2, 0.25) is 0 Å². The van der Waals surface area contributed by atoms with E-state index in [0.29, 0.717) is 18.9 Å². The van der Waals surface area contributed by atoms with Crippen molar-refractivity contribution in [2.45, 2.75) is 51.5 Å². The lowest BCUT2D eigenvalue weighted by atomic mass is 10.0. The summed E-state index contributed by atoms with van der Waals surface area (Å²) in [5, 5.41) is 5.29. The average molecular weight is 286 g/mol. The molecule has 0 radical (unpaired) electrons. The highest BCUT2D eigenvalue weighted by Crippen LogP contribution is 2.40. The molecule has 1 fully saturated rings. The second-order valence-corrected chi connectivity index (χ2v) is 6.10. The van der Waals surface area contributed by atoms with Gasteiger partial charge < -0.3 is 5.73 Å². The molecular formula is C16H22N4O. The van der Waals surface area contributed by atoms with Crippen molar-refractivity contribution >= 4 is 16.8 Å². The number of hydrogen-bond acceptors (Lipinski definition) is 4. The van der Waals surface area contributed by atoms with Crippen molar-refractivity contribution in [2.24, 2.45) is 5.73 Å². The van der Waals surface area contributed by atoms with Crippen molar-refractivity contribution in [1.82, 2.24) is 14.8 Å². The van der Waals surface area contributed by atoms with Crippen molar-refractivity contribution in [3.05, 3.63) is 23.5 Å². The van der Waals surface area contributed by atoms with E-state index in [1.807, 2.05) is 10.7 Å². The van der Waals surface area contributed by atoms with E-state index in [4.69, 9.17) is 10.7 Å². The highest BCUT2D eigenvalue weighted by Gasteiger charge is 2.28. The van der Waals surface area contributed by atoms with Crippen LogP contribution >= 0.6 is 0 Å². The fourth-order valence-corrected chi connectivity index (χ4v) is 2.63. The van der Waals surface area contributed by atoms with E-state index in [1.54, 1.807) is 6.20 Å². The van der Waals surface area contributed by atoms with Crippen molar-refractivity contribution in [2.75, 3.05) is 6.54 Å². The highest BCUT2D eigenvalue weighted by atomic mass is 16.1. The van der Waals surface area contributed by atoms with E-state index in [-0.39, 0.29) is 11.8 Å². The molecule has 1 saturated carbocycles. The number of nitrogens with two attached hydrogens (primary N) is 1. The maximum Gasteiger partial charge on any atom is 0.163 e. The second-order valence-electron chi connectivity index (χ2n) is 6.10. The Balaban J connectivity index is 2.10. The summed E-state index contributed by atoms with van der Waals surface area (Å²) in [6, 6.07) is 2.21. The van der Waals surface area contributed by atoms with Gasteiger partial charge in [-0.05, 0) is 45.7 Å². The first kappa shape index (κ1) is 14.2. The fourth-order valence-electron chi connectivity index (χ4n) is 2.63. The number of rotatable bonds is 6. The van der Waals surface area contributed by atoms with Gasteiger partial charge >= 0.3 is 0 Å². The minimum atomic E-state index is 0.151. The Bertz CT molecular complexity index is 670. The van der Waals surface area contributed by atoms with Gasteiger partial charge in [0.15, 0.2) is 11.4 Å². The molecule has 0 aliphatic heterocycles. The molecule has 1 aliphatic carbocycles. The molecule has 112 valence electrons. The zero-order valence-corrected chi connectivity index (χ0v) is 12.7. The van der Waals surface area contributed by atoms with Crippen LogP contribution in [0.15, 0.2) is 12.3 Å². The van der Waals surface area contributed by atoms with E-state index in [9.17, 15) is 4.79 Å². The molecule has 3 rings (SSSR count).